The van der Waals surface area contributed by atoms with Gasteiger partial charge in [0.1, 0.15) is 11.1 Å². The Kier molecular flexibility index (Phi) is 7.93. The second kappa shape index (κ2) is 14.4. The zero-order valence-corrected chi connectivity index (χ0v) is 37.3. The van der Waals surface area contributed by atoms with Crippen LogP contribution in [0.5, 0.6) is 0 Å². The van der Waals surface area contributed by atoms with Crippen molar-refractivity contribution in [2.45, 2.75) is 5.41 Å². The molecule has 0 atom stereocenters. The smallest absolute Gasteiger partial charge is 0.232 e. The van der Waals surface area contributed by atoms with Crippen LogP contribution in [0.15, 0.2) is 247 Å². The Morgan fingerprint density at radius 3 is 1.57 bits per heavy atom. The molecule has 0 amide bonds. The molecule has 5 nitrogen and oxygen atoms in total. The molecule has 10 aromatic carbocycles. The van der Waals surface area contributed by atoms with Crippen LogP contribution in [0.3, 0.4) is 0 Å². The van der Waals surface area contributed by atoms with Crippen molar-refractivity contribution in [1.82, 2.24) is 14.0 Å². The lowest BCUT2D eigenvalue weighted by molar-refractivity contribution is 0.651. The van der Waals surface area contributed by atoms with E-state index in [1.807, 2.05) is 18.2 Å². The van der Waals surface area contributed by atoms with Gasteiger partial charge in [-0.15, -0.1) is 0 Å². The molecule has 0 bridgehead atoms. The maximum Gasteiger partial charge on any atom is 0.232 e. The van der Waals surface area contributed by atoms with E-state index in [0.29, 0.717) is 0 Å². The van der Waals surface area contributed by atoms with Gasteiger partial charge in [-0.2, -0.15) is 0 Å². The molecule has 0 radical (unpaired) electrons. The zero-order chi connectivity index (χ0) is 45.2. The molecule has 322 valence electrons. The Balaban J connectivity index is 0.877. The molecular formula is C64H40N4O. The number of hydrogen-bond acceptors (Lipinski definition) is 3. The fraction of sp³-hybridized carbons (Fsp3) is 0.0156. The molecule has 0 saturated heterocycles. The van der Waals surface area contributed by atoms with Gasteiger partial charge >= 0.3 is 0 Å². The highest BCUT2D eigenvalue weighted by Crippen LogP contribution is 2.63. The van der Waals surface area contributed by atoms with Crippen molar-refractivity contribution in [2.75, 3.05) is 4.90 Å². The summed E-state index contributed by atoms with van der Waals surface area (Å²) in [6.07, 6.45) is 0. The van der Waals surface area contributed by atoms with Crippen molar-refractivity contribution in [1.29, 1.82) is 0 Å². The van der Waals surface area contributed by atoms with E-state index in [1.165, 1.54) is 61.2 Å². The Morgan fingerprint density at radius 2 is 0.913 bits per heavy atom. The van der Waals surface area contributed by atoms with Gasteiger partial charge in [-0.25, -0.2) is 9.38 Å². The molecule has 0 saturated carbocycles. The quantitative estimate of drug-likeness (QED) is 0.167. The lowest BCUT2D eigenvalue weighted by Crippen LogP contribution is -2.25. The number of benzene rings is 10. The second-order valence-electron chi connectivity index (χ2n) is 18.3. The third-order valence-electron chi connectivity index (χ3n) is 14.8. The van der Waals surface area contributed by atoms with Crippen molar-refractivity contribution >= 4 is 56.1 Å². The van der Waals surface area contributed by atoms with Gasteiger partial charge in [-0.05, 0) is 140 Å². The van der Waals surface area contributed by atoms with Gasteiger partial charge in [-0.1, -0.05) is 170 Å². The fourth-order valence-electron chi connectivity index (χ4n) is 11.8. The van der Waals surface area contributed by atoms with E-state index in [4.69, 9.17) is 9.40 Å². The van der Waals surface area contributed by atoms with E-state index in [2.05, 4.69) is 238 Å². The van der Waals surface area contributed by atoms with Crippen LogP contribution in [0.25, 0.3) is 89.2 Å². The summed E-state index contributed by atoms with van der Waals surface area (Å²) in [6, 6.07) is 87.9. The highest BCUT2D eigenvalue weighted by atomic mass is 16.3. The zero-order valence-electron chi connectivity index (χ0n) is 37.3. The highest BCUT2D eigenvalue weighted by molar-refractivity contribution is 6.06. The number of aromatic nitrogens is 3. The van der Waals surface area contributed by atoms with Crippen LogP contribution in [0.4, 0.5) is 17.1 Å². The Morgan fingerprint density at radius 1 is 0.406 bits per heavy atom. The van der Waals surface area contributed by atoms with E-state index in [1.54, 1.807) is 0 Å². The van der Waals surface area contributed by atoms with Crippen molar-refractivity contribution in [3.05, 3.63) is 265 Å². The minimum Gasteiger partial charge on any atom is -0.437 e. The molecule has 0 fully saturated rings. The SMILES string of the molecule is c1ccc(-c2ccc(N(c3ccc(-c4ccc5c(c4)C4(c6ccccc6-c6ccccc64)c4ccccc4-5)cc3)c3ccc4c(c3)nc3n(-c5ccccc5)c5c6ccccc6oc5n43)cc2)cc1. The lowest BCUT2D eigenvalue weighted by Gasteiger charge is -2.30. The second-order valence-corrected chi connectivity index (χ2v) is 18.3. The van der Waals surface area contributed by atoms with E-state index in [9.17, 15) is 0 Å². The standard InChI is InChI=1S/C64H40N4O/c1-3-15-41(16-4-1)42-27-32-46(33-28-42)66(48-36-38-59-58(40-48)65-63-67(45-17-5-2-6-18-45)61-53-22-10-14-26-60(53)69-62(61)68(59)63)47-34-29-43(30-35-47)44-31-37-52-51-21-9-13-25-56(51)64(57(52)39-44)54-23-11-7-19-49(54)50-20-8-12-24-55(50)64/h1-40H. The van der Waals surface area contributed by atoms with Crippen LogP contribution in [-0.4, -0.2) is 14.0 Å². The van der Waals surface area contributed by atoms with Crippen molar-refractivity contribution in [3.8, 4) is 50.2 Å². The summed E-state index contributed by atoms with van der Waals surface area (Å²) in [6.45, 7) is 0. The molecular weight excluding hydrogens is 841 g/mol. The van der Waals surface area contributed by atoms with Crippen LogP contribution < -0.4 is 4.90 Å². The van der Waals surface area contributed by atoms with Gasteiger partial charge in [0.25, 0.3) is 0 Å². The Hall–Kier alpha value is -9.19. The van der Waals surface area contributed by atoms with Crippen LogP contribution in [0.1, 0.15) is 22.3 Å². The number of imidazole rings is 2. The molecule has 0 aliphatic heterocycles. The van der Waals surface area contributed by atoms with Gasteiger partial charge in [0, 0.05) is 28.1 Å². The minimum absolute atomic E-state index is 0.395. The molecule has 3 aromatic heterocycles. The lowest BCUT2D eigenvalue weighted by atomic mass is 9.70. The molecule has 13 aromatic rings. The molecule has 2 aliphatic carbocycles. The molecule has 5 heteroatoms. The highest BCUT2D eigenvalue weighted by Gasteiger charge is 2.51. The normalized spacial score (nSPS) is 13.0. The molecule has 69 heavy (non-hydrogen) atoms. The van der Waals surface area contributed by atoms with E-state index in [-0.39, 0.29) is 0 Å². The summed E-state index contributed by atoms with van der Waals surface area (Å²) >= 11 is 0. The fourth-order valence-corrected chi connectivity index (χ4v) is 11.8. The minimum atomic E-state index is -0.395. The van der Waals surface area contributed by atoms with Gasteiger partial charge in [0.2, 0.25) is 11.5 Å². The maximum absolute atomic E-state index is 6.64. The summed E-state index contributed by atoms with van der Waals surface area (Å²) in [5.74, 6) is 0.805. The van der Waals surface area contributed by atoms with E-state index in [0.717, 1.165) is 67.3 Å². The van der Waals surface area contributed by atoms with Crippen LogP contribution >= 0.6 is 0 Å². The van der Waals surface area contributed by atoms with Crippen molar-refractivity contribution in [3.63, 3.8) is 0 Å². The van der Waals surface area contributed by atoms with Crippen LogP contribution in [0.2, 0.25) is 0 Å². The summed E-state index contributed by atoms with van der Waals surface area (Å²) < 4.78 is 11.0. The van der Waals surface area contributed by atoms with Crippen LogP contribution in [-0.2, 0) is 5.41 Å². The largest absolute Gasteiger partial charge is 0.437 e. The number of nitrogens with zero attached hydrogens (tertiary/aromatic N) is 4. The number of rotatable bonds is 6. The molecule has 0 unspecified atom stereocenters. The summed E-state index contributed by atoms with van der Waals surface area (Å²) in [7, 11) is 0. The van der Waals surface area contributed by atoms with Gasteiger partial charge in [-0.3, -0.25) is 4.57 Å². The first-order chi connectivity index (χ1) is 34.2. The van der Waals surface area contributed by atoms with E-state index >= 15 is 0 Å². The summed E-state index contributed by atoms with van der Waals surface area (Å²) in [4.78, 5) is 7.72. The molecule has 1 spiro atoms. The van der Waals surface area contributed by atoms with E-state index < -0.39 is 5.41 Å². The van der Waals surface area contributed by atoms with Gasteiger partial charge in [0.15, 0.2) is 0 Å². The van der Waals surface area contributed by atoms with Crippen molar-refractivity contribution < 1.29 is 4.42 Å². The Bertz CT molecular complexity index is 4120. The molecule has 0 N–H and O–H groups in total. The predicted octanol–water partition coefficient (Wildman–Crippen LogP) is 16.3. The van der Waals surface area contributed by atoms with Crippen LogP contribution in [0, 0.1) is 0 Å². The first-order valence-corrected chi connectivity index (χ1v) is 23.6. The molecule has 2 aliphatic rings. The number of furan rings is 1. The monoisotopic (exact) mass is 880 g/mol. The first kappa shape index (κ1) is 38.0. The molecule has 3 heterocycles. The Labute approximate surface area is 398 Å². The molecule has 15 rings (SSSR count). The predicted molar refractivity (Wildman–Crippen MR) is 281 cm³/mol. The average molecular weight is 881 g/mol. The third-order valence-corrected chi connectivity index (χ3v) is 14.8. The average Bonchev–Trinajstić information content (AvgIpc) is 4.20. The van der Waals surface area contributed by atoms with Gasteiger partial charge < -0.3 is 9.32 Å². The third kappa shape index (κ3) is 5.32. The number of para-hydroxylation sites is 2. The maximum atomic E-state index is 6.64. The topological polar surface area (TPSA) is 38.6 Å². The number of anilines is 3. The van der Waals surface area contributed by atoms with Crippen molar-refractivity contribution in [2.24, 2.45) is 0 Å². The number of fused-ring (bicyclic) bond motifs is 17. The first-order valence-electron chi connectivity index (χ1n) is 23.6. The number of hydrogen-bond donors (Lipinski definition) is 0. The van der Waals surface area contributed by atoms with Gasteiger partial charge in [0.05, 0.1) is 16.4 Å². The summed E-state index contributed by atoms with van der Waals surface area (Å²) in [5.41, 5.74) is 23.5. The summed E-state index contributed by atoms with van der Waals surface area (Å²) in [5, 5.41) is 1.05.